The van der Waals surface area contributed by atoms with E-state index in [0.717, 1.165) is 17.1 Å². The zero-order valence-corrected chi connectivity index (χ0v) is 17.4. The van der Waals surface area contributed by atoms with Crippen molar-refractivity contribution in [2.45, 2.75) is 0 Å². The molecule has 2 aromatic carbocycles. The lowest BCUT2D eigenvalue weighted by Crippen LogP contribution is -2.49. The van der Waals surface area contributed by atoms with Gasteiger partial charge in [-0.1, -0.05) is 0 Å². The van der Waals surface area contributed by atoms with E-state index in [1.165, 1.54) is 18.5 Å². The van der Waals surface area contributed by atoms with Crippen molar-refractivity contribution < 1.29 is 18.7 Å². The molecule has 0 saturated carbocycles. The molecule has 1 amide bonds. The number of benzene rings is 2. The Bertz CT molecular complexity index is 1070. The third kappa shape index (κ3) is 4.42. The van der Waals surface area contributed by atoms with Crippen LogP contribution in [0.1, 0.15) is 10.4 Å². The van der Waals surface area contributed by atoms with Gasteiger partial charge in [0, 0.05) is 37.8 Å². The van der Waals surface area contributed by atoms with Gasteiger partial charge in [0.05, 0.1) is 25.5 Å². The van der Waals surface area contributed by atoms with Crippen molar-refractivity contribution in [2.24, 2.45) is 0 Å². The number of ether oxygens (including phenoxy) is 2. The fourth-order valence-electron chi connectivity index (χ4n) is 3.59. The second-order valence-electron chi connectivity index (χ2n) is 7.11. The Morgan fingerprint density at radius 2 is 1.68 bits per heavy atom. The fourth-order valence-corrected chi connectivity index (χ4v) is 3.59. The number of carbonyl (C=O) groups is 1. The Labute approximate surface area is 180 Å². The molecule has 2 heterocycles. The number of hydrogen-bond acceptors (Lipinski definition) is 6. The molecule has 31 heavy (non-hydrogen) atoms. The molecule has 0 spiro atoms. The number of rotatable bonds is 5. The van der Waals surface area contributed by atoms with Gasteiger partial charge in [0.1, 0.15) is 29.5 Å². The second-order valence-corrected chi connectivity index (χ2v) is 7.11. The molecule has 0 N–H and O–H groups in total. The minimum absolute atomic E-state index is 0.0925. The summed E-state index contributed by atoms with van der Waals surface area (Å²) < 4.78 is 23.8. The van der Waals surface area contributed by atoms with E-state index in [0.29, 0.717) is 43.2 Å². The first-order valence-electron chi connectivity index (χ1n) is 9.93. The summed E-state index contributed by atoms with van der Waals surface area (Å²) in [5.41, 5.74) is 2.03. The third-order valence-corrected chi connectivity index (χ3v) is 5.32. The summed E-state index contributed by atoms with van der Waals surface area (Å²) in [6.07, 6.45) is 1.51. The molecule has 0 aliphatic carbocycles. The zero-order chi connectivity index (χ0) is 21.8. The van der Waals surface area contributed by atoms with Crippen LogP contribution in [-0.2, 0) is 0 Å². The number of carbonyl (C=O) groups excluding carboxylic acids is 1. The van der Waals surface area contributed by atoms with Crippen molar-refractivity contribution in [3.63, 3.8) is 0 Å². The van der Waals surface area contributed by atoms with Gasteiger partial charge in [0.15, 0.2) is 0 Å². The highest BCUT2D eigenvalue weighted by molar-refractivity contribution is 5.97. The van der Waals surface area contributed by atoms with Gasteiger partial charge in [-0.3, -0.25) is 4.79 Å². The number of halogens is 1. The minimum Gasteiger partial charge on any atom is -0.497 e. The SMILES string of the molecule is COc1ccc(OC)c(C(=O)N2CCN(c3cc(-c4ccc(F)cc4)ncn3)CC2)c1. The lowest BCUT2D eigenvalue weighted by Gasteiger charge is -2.35. The van der Waals surface area contributed by atoms with Crippen molar-refractivity contribution in [1.29, 1.82) is 0 Å². The highest BCUT2D eigenvalue weighted by atomic mass is 19.1. The van der Waals surface area contributed by atoms with E-state index in [9.17, 15) is 9.18 Å². The fraction of sp³-hybridized carbons (Fsp3) is 0.261. The normalized spacial score (nSPS) is 13.8. The molecule has 3 aromatic rings. The molecule has 8 heteroatoms. The average molecular weight is 422 g/mol. The summed E-state index contributed by atoms with van der Waals surface area (Å²) >= 11 is 0. The van der Waals surface area contributed by atoms with Crippen molar-refractivity contribution in [3.05, 3.63) is 66.2 Å². The number of piperazine rings is 1. The first-order valence-corrected chi connectivity index (χ1v) is 9.93. The van der Waals surface area contributed by atoms with Gasteiger partial charge < -0.3 is 19.3 Å². The van der Waals surface area contributed by atoms with E-state index < -0.39 is 0 Å². The van der Waals surface area contributed by atoms with Gasteiger partial charge in [-0.25, -0.2) is 14.4 Å². The molecule has 1 saturated heterocycles. The molecule has 0 unspecified atom stereocenters. The molecule has 160 valence electrons. The second kappa shape index (κ2) is 8.99. The predicted molar refractivity (Wildman–Crippen MR) is 115 cm³/mol. The van der Waals surface area contributed by atoms with Crippen molar-refractivity contribution in [2.75, 3.05) is 45.3 Å². The summed E-state index contributed by atoms with van der Waals surface area (Å²) in [5.74, 6) is 1.53. The van der Waals surface area contributed by atoms with Crippen LogP contribution < -0.4 is 14.4 Å². The highest BCUT2D eigenvalue weighted by Gasteiger charge is 2.25. The maximum Gasteiger partial charge on any atom is 0.257 e. The van der Waals surface area contributed by atoms with Crippen LogP contribution >= 0.6 is 0 Å². The van der Waals surface area contributed by atoms with Crippen LogP contribution in [0.2, 0.25) is 0 Å². The predicted octanol–water partition coefficient (Wildman–Crippen LogP) is 3.26. The van der Waals surface area contributed by atoms with Crippen LogP contribution in [0.3, 0.4) is 0 Å². The van der Waals surface area contributed by atoms with Crippen LogP contribution in [0.5, 0.6) is 11.5 Å². The highest BCUT2D eigenvalue weighted by Crippen LogP contribution is 2.27. The first kappa shape index (κ1) is 20.6. The van der Waals surface area contributed by atoms with Gasteiger partial charge in [0.25, 0.3) is 5.91 Å². The van der Waals surface area contributed by atoms with E-state index in [2.05, 4.69) is 14.9 Å². The first-order chi connectivity index (χ1) is 15.1. The molecule has 7 nitrogen and oxygen atoms in total. The van der Waals surface area contributed by atoms with Gasteiger partial charge >= 0.3 is 0 Å². The Hall–Kier alpha value is -3.68. The summed E-state index contributed by atoms with van der Waals surface area (Å²) in [6, 6.07) is 13.3. The maximum atomic E-state index is 13.2. The number of amides is 1. The van der Waals surface area contributed by atoms with Crippen molar-refractivity contribution >= 4 is 11.7 Å². The summed E-state index contributed by atoms with van der Waals surface area (Å²) in [5, 5.41) is 0. The van der Waals surface area contributed by atoms with Crippen LogP contribution in [0.15, 0.2) is 54.9 Å². The third-order valence-electron chi connectivity index (χ3n) is 5.32. The molecule has 1 fully saturated rings. The topological polar surface area (TPSA) is 67.8 Å². The van der Waals surface area contributed by atoms with E-state index in [4.69, 9.17) is 9.47 Å². The standard InChI is InChI=1S/C23H23FN4O3/c1-30-18-7-8-21(31-2)19(13-18)23(29)28-11-9-27(10-12-28)22-14-20(25-15-26-22)16-3-5-17(24)6-4-16/h3-8,13-15H,9-12H2,1-2H3. The molecule has 0 radical (unpaired) electrons. The monoisotopic (exact) mass is 422 g/mol. The smallest absolute Gasteiger partial charge is 0.257 e. The van der Waals surface area contributed by atoms with Gasteiger partial charge in [-0.05, 0) is 42.5 Å². The quantitative estimate of drug-likeness (QED) is 0.629. The largest absolute Gasteiger partial charge is 0.497 e. The molecule has 0 atom stereocenters. The van der Waals surface area contributed by atoms with Crippen LogP contribution in [0, 0.1) is 5.82 Å². The summed E-state index contributed by atoms with van der Waals surface area (Å²) in [4.78, 5) is 25.7. The lowest BCUT2D eigenvalue weighted by molar-refractivity contribution is 0.0742. The van der Waals surface area contributed by atoms with Crippen molar-refractivity contribution in [1.82, 2.24) is 14.9 Å². The maximum absolute atomic E-state index is 13.2. The number of aromatic nitrogens is 2. The molecule has 1 aromatic heterocycles. The van der Waals surface area contributed by atoms with E-state index in [-0.39, 0.29) is 11.7 Å². The van der Waals surface area contributed by atoms with Crippen molar-refractivity contribution in [3.8, 4) is 22.8 Å². The van der Waals surface area contributed by atoms with E-state index in [1.54, 1.807) is 49.5 Å². The number of anilines is 1. The summed E-state index contributed by atoms with van der Waals surface area (Å²) in [7, 11) is 3.11. The molecule has 0 bridgehead atoms. The molecule has 4 rings (SSSR count). The number of hydrogen-bond donors (Lipinski definition) is 0. The van der Waals surface area contributed by atoms with E-state index >= 15 is 0 Å². The van der Waals surface area contributed by atoms with Gasteiger partial charge in [-0.15, -0.1) is 0 Å². The lowest BCUT2D eigenvalue weighted by atomic mass is 10.1. The van der Waals surface area contributed by atoms with Crippen LogP contribution in [0.4, 0.5) is 10.2 Å². The molecule has 1 aliphatic rings. The Morgan fingerprint density at radius 1 is 0.935 bits per heavy atom. The molecular weight excluding hydrogens is 399 g/mol. The summed E-state index contributed by atoms with van der Waals surface area (Å²) in [6.45, 7) is 2.37. The zero-order valence-electron chi connectivity index (χ0n) is 17.4. The average Bonchev–Trinajstić information content (AvgIpc) is 2.84. The number of nitrogens with zero attached hydrogens (tertiary/aromatic N) is 4. The van der Waals surface area contributed by atoms with Gasteiger partial charge in [-0.2, -0.15) is 0 Å². The Kier molecular flexibility index (Phi) is 5.97. The molecular formula is C23H23FN4O3. The Balaban J connectivity index is 1.46. The minimum atomic E-state index is -0.286. The number of methoxy groups -OCH3 is 2. The Morgan fingerprint density at radius 3 is 2.35 bits per heavy atom. The van der Waals surface area contributed by atoms with Crippen LogP contribution in [-0.4, -0.2) is 61.2 Å². The molecule has 1 aliphatic heterocycles. The van der Waals surface area contributed by atoms with E-state index in [1.807, 2.05) is 6.07 Å². The van der Waals surface area contributed by atoms with Gasteiger partial charge in [0.2, 0.25) is 0 Å². The van der Waals surface area contributed by atoms with Crippen LogP contribution in [0.25, 0.3) is 11.3 Å².